The first-order chi connectivity index (χ1) is 7.13. The molecule has 80 valence electrons. The van der Waals surface area contributed by atoms with Gasteiger partial charge in [0.1, 0.15) is 0 Å². The molecule has 1 heterocycles. The highest BCUT2D eigenvalue weighted by Gasteiger charge is 2.05. The second-order valence-electron chi connectivity index (χ2n) is 2.95. The Kier molecular flexibility index (Phi) is 3.85. The summed E-state index contributed by atoms with van der Waals surface area (Å²) in [5.41, 5.74) is 0.714. The first kappa shape index (κ1) is 11.2. The number of nitrogens with zero attached hydrogens (tertiary/aromatic N) is 1. The number of hydrogen-bond donors (Lipinski definition) is 0. The van der Waals surface area contributed by atoms with E-state index in [0.29, 0.717) is 12.2 Å². The third-order valence-corrected chi connectivity index (χ3v) is 1.79. The molecule has 15 heavy (non-hydrogen) atoms. The lowest BCUT2D eigenvalue weighted by Gasteiger charge is -2.13. The average Bonchev–Trinajstić information content (AvgIpc) is 2.18. The van der Waals surface area contributed by atoms with Gasteiger partial charge in [-0.05, 0) is 24.6 Å². The molecule has 1 aliphatic rings. The summed E-state index contributed by atoms with van der Waals surface area (Å²) in [5.74, 6) is -0.448. The highest BCUT2D eigenvalue weighted by atomic mass is 16.5. The molecule has 0 atom stereocenters. The summed E-state index contributed by atoms with van der Waals surface area (Å²) in [4.78, 5) is 23.5. The molecule has 0 aromatic heterocycles. The van der Waals surface area contributed by atoms with E-state index in [2.05, 4.69) is 0 Å². The van der Waals surface area contributed by atoms with Gasteiger partial charge in [0.25, 0.3) is 0 Å². The highest BCUT2D eigenvalue weighted by molar-refractivity contribution is 5.84. The van der Waals surface area contributed by atoms with Gasteiger partial charge in [0.05, 0.1) is 6.61 Å². The van der Waals surface area contributed by atoms with E-state index in [1.807, 2.05) is 0 Å². The van der Waals surface area contributed by atoms with Crippen LogP contribution >= 0.6 is 0 Å². The Balaban J connectivity index is 2.63. The van der Waals surface area contributed by atoms with Crippen molar-refractivity contribution in [3.05, 3.63) is 36.2 Å². The number of amides is 1. The lowest BCUT2D eigenvalue weighted by atomic mass is 10.2. The molecule has 1 aliphatic heterocycles. The Morgan fingerprint density at radius 1 is 1.40 bits per heavy atom. The summed E-state index contributed by atoms with van der Waals surface area (Å²) in [6, 6.07) is 0. The smallest absolute Gasteiger partial charge is 0.331 e. The van der Waals surface area contributed by atoms with Gasteiger partial charge in [0, 0.05) is 25.4 Å². The number of ether oxygens (including phenoxy) is 1. The molecular formula is C11H13NO3. The number of carbonyl (C=O) groups excluding carboxylic acids is 2. The van der Waals surface area contributed by atoms with E-state index < -0.39 is 0 Å². The Bertz CT molecular complexity index is 337. The van der Waals surface area contributed by atoms with Crippen molar-refractivity contribution in [3.8, 4) is 0 Å². The van der Waals surface area contributed by atoms with Gasteiger partial charge in [-0.2, -0.15) is 0 Å². The van der Waals surface area contributed by atoms with Crippen LogP contribution < -0.4 is 0 Å². The molecular weight excluding hydrogens is 194 g/mol. The van der Waals surface area contributed by atoms with Crippen molar-refractivity contribution < 1.29 is 14.3 Å². The largest absolute Gasteiger partial charge is 0.463 e. The van der Waals surface area contributed by atoms with E-state index in [1.54, 1.807) is 31.5 Å². The van der Waals surface area contributed by atoms with Crippen molar-refractivity contribution in [2.45, 2.75) is 13.8 Å². The summed E-state index contributed by atoms with van der Waals surface area (Å²) >= 11 is 0. The zero-order valence-electron chi connectivity index (χ0n) is 8.77. The molecule has 0 aromatic rings. The quantitative estimate of drug-likeness (QED) is 0.507. The first-order valence-electron chi connectivity index (χ1n) is 4.67. The highest BCUT2D eigenvalue weighted by Crippen LogP contribution is 2.09. The average molecular weight is 207 g/mol. The summed E-state index contributed by atoms with van der Waals surface area (Å²) in [6.07, 6.45) is 7.95. The van der Waals surface area contributed by atoms with Gasteiger partial charge < -0.3 is 4.74 Å². The maximum absolute atomic E-state index is 11.1. The van der Waals surface area contributed by atoms with Crippen LogP contribution in [0.15, 0.2) is 36.2 Å². The maximum atomic E-state index is 11.1. The molecule has 1 rings (SSSR count). The molecule has 1 amide bonds. The third kappa shape index (κ3) is 3.42. The van der Waals surface area contributed by atoms with Crippen molar-refractivity contribution in [1.29, 1.82) is 0 Å². The molecule has 0 aromatic carbocycles. The predicted molar refractivity (Wildman–Crippen MR) is 55.5 cm³/mol. The lowest BCUT2D eigenvalue weighted by molar-refractivity contribution is -0.137. The van der Waals surface area contributed by atoms with Crippen LogP contribution in [0.2, 0.25) is 0 Å². The van der Waals surface area contributed by atoms with Gasteiger partial charge >= 0.3 is 5.97 Å². The van der Waals surface area contributed by atoms with E-state index in [-0.39, 0.29) is 11.9 Å². The Morgan fingerprint density at radius 3 is 2.47 bits per heavy atom. The van der Waals surface area contributed by atoms with Crippen molar-refractivity contribution in [1.82, 2.24) is 4.90 Å². The Hall–Kier alpha value is -1.84. The second kappa shape index (κ2) is 5.14. The molecule has 0 aliphatic carbocycles. The molecule has 0 fully saturated rings. The topological polar surface area (TPSA) is 46.6 Å². The van der Waals surface area contributed by atoms with Gasteiger partial charge in [-0.3, -0.25) is 9.69 Å². The third-order valence-electron chi connectivity index (χ3n) is 1.79. The molecule has 0 saturated heterocycles. The van der Waals surface area contributed by atoms with Crippen molar-refractivity contribution in [2.24, 2.45) is 0 Å². The number of rotatable bonds is 2. The molecule has 0 bridgehead atoms. The van der Waals surface area contributed by atoms with Gasteiger partial charge in [-0.25, -0.2) is 4.79 Å². The minimum absolute atomic E-state index is 0.0716. The van der Waals surface area contributed by atoms with Crippen molar-refractivity contribution in [3.63, 3.8) is 0 Å². The van der Waals surface area contributed by atoms with Crippen LogP contribution in [0, 0.1) is 0 Å². The molecule has 0 N–H and O–H groups in total. The predicted octanol–water partition coefficient (Wildman–Crippen LogP) is 1.37. The van der Waals surface area contributed by atoms with Crippen LogP contribution in [0.3, 0.4) is 0 Å². The fourth-order valence-electron chi connectivity index (χ4n) is 1.06. The summed E-state index contributed by atoms with van der Waals surface area (Å²) in [6.45, 7) is 3.57. The number of hydrogen-bond acceptors (Lipinski definition) is 3. The van der Waals surface area contributed by atoms with Gasteiger partial charge in [0.2, 0.25) is 5.91 Å². The van der Waals surface area contributed by atoms with Gasteiger partial charge in [-0.1, -0.05) is 0 Å². The molecule has 0 unspecified atom stereocenters. The maximum Gasteiger partial charge on any atom is 0.331 e. The first-order valence-corrected chi connectivity index (χ1v) is 4.67. The van der Waals surface area contributed by atoms with E-state index >= 15 is 0 Å². The van der Waals surface area contributed by atoms with Crippen molar-refractivity contribution >= 4 is 11.9 Å². The normalized spacial score (nSPS) is 14.0. The number of esters is 1. The van der Waals surface area contributed by atoms with E-state index in [9.17, 15) is 9.59 Å². The Labute approximate surface area is 88.5 Å². The molecule has 0 spiro atoms. The van der Waals surface area contributed by atoms with Crippen LogP contribution in [0.4, 0.5) is 0 Å². The van der Waals surface area contributed by atoms with Crippen molar-refractivity contribution in [2.75, 3.05) is 6.61 Å². The minimum atomic E-state index is -0.377. The molecule has 4 heteroatoms. The zero-order valence-corrected chi connectivity index (χ0v) is 8.77. The molecule has 0 saturated carbocycles. The molecule has 4 nitrogen and oxygen atoms in total. The summed E-state index contributed by atoms with van der Waals surface area (Å²) in [5, 5.41) is 0. The van der Waals surface area contributed by atoms with Crippen LogP contribution in [-0.2, 0) is 14.3 Å². The van der Waals surface area contributed by atoms with Gasteiger partial charge in [0.15, 0.2) is 0 Å². The van der Waals surface area contributed by atoms with E-state index in [4.69, 9.17) is 4.74 Å². The number of allylic oxidation sites excluding steroid dienone is 3. The minimum Gasteiger partial charge on any atom is -0.463 e. The number of carbonyl (C=O) groups is 2. The SMILES string of the molecule is CCOC(=O)C=C1C=CN(C(C)=O)C=C1. The fraction of sp³-hybridized carbons (Fsp3) is 0.273. The zero-order chi connectivity index (χ0) is 11.3. The Morgan fingerprint density at radius 2 is 2.00 bits per heavy atom. The summed E-state index contributed by atoms with van der Waals surface area (Å²) in [7, 11) is 0. The monoisotopic (exact) mass is 207 g/mol. The van der Waals surface area contributed by atoms with Crippen LogP contribution in [0.5, 0.6) is 0 Å². The van der Waals surface area contributed by atoms with Crippen LogP contribution in [0.25, 0.3) is 0 Å². The van der Waals surface area contributed by atoms with Crippen LogP contribution in [0.1, 0.15) is 13.8 Å². The lowest BCUT2D eigenvalue weighted by Crippen LogP contribution is -2.17. The van der Waals surface area contributed by atoms with Crippen LogP contribution in [-0.4, -0.2) is 23.4 Å². The van der Waals surface area contributed by atoms with E-state index in [0.717, 1.165) is 0 Å². The summed E-state index contributed by atoms with van der Waals surface area (Å²) < 4.78 is 4.76. The van der Waals surface area contributed by atoms with E-state index in [1.165, 1.54) is 17.9 Å². The van der Waals surface area contributed by atoms with Gasteiger partial charge in [-0.15, -0.1) is 0 Å². The second-order valence-corrected chi connectivity index (χ2v) is 2.95. The standard InChI is InChI=1S/C11H13NO3/c1-3-15-11(14)8-10-4-6-12(7-5-10)9(2)13/h4-8H,3H2,1-2H3. The molecule has 0 radical (unpaired) electrons. The fourth-order valence-corrected chi connectivity index (χ4v) is 1.06.